The van der Waals surface area contributed by atoms with Crippen molar-refractivity contribution in [2.24, 2.45) is 0 Å². The molecule has 172 valence electrons. The topological polar surface area (TPSA) is 80.1 Å². The number of methoxy groups -OCH3 is 1. The summed E-state index contributed by atoms with van der Waals surface area (Å²) in [6.45, 7) is 6.91. The van der Waals surface area contributed by atoms with Gasteiger partial charge in [-0.1, -0.05) is 37.6 Å². The van der Waals surface area contributed by atoms with E-state index in [2.05, 4.69) is 18.7 Å². The van der Waals surface area contributed by atoms with Gasteiger partial charge < -0.3 is 19.0 Å². The second-order valence-corrected chi connectivity index (χ2v) is 8.29. The van der Waals surface area contributed by atoms with E-state index in [4.69, 9.17) is 20.8 Å². The first kappa shape index (κ1) is 23.0. The van der Waals surface area contributed by atoms with Gasteiger partial charge in [0.2, 0.25) is 5.76 Å². The van der Waals surface area contributed by atoms with E-state index in [-0.39, 0.29) is 17.1 Å². The molecule has 0 spiro atoms. The van der Waals surface area contributed by atoms with Crippen LogP contribution in [0.4, 0.5) is 0 Å². The van der Waals surface area contributed by atoms with E-state index in [0.717, 1.165) is 13.1 Å². The molecule has 1 unspecified atom stereocenters. The molecule has 0 bridgehead atoms. The molecule has 0 N–H and O–H groups in total. The first-order chi connectivity index (χ1) is 15.9. The molecular weight excluding hydrogens is 444 g/mol. The Labute approximate surface area is 196 Å². The summed E-state index contributed by atoms with van der Waals surface area (Å²) >= 11 is 6.12. The molecule has 0 saturated carbocycles. The highest BCUT2D eigenvalue weighted by Crippen LogP contribution is 2.38. The number of likely N-dealkylation sites (N-methyl/N-ethyl adjacent to an activating group) is 1. The summed E-state index contributed by atoms with van der Waals surface area (Å²) in [5.41, 5.74) is 1.43. The van der Waals surface area contributed by atoms with Gasteiger partial charge in [-0.2, -0.15) is 0 Å². The van der Waals surface area contributed by atoms with Crippen LogP contribution in [0.15, 0.2) is 51.7 Å². The Morgan fingerprint density at radius 2 is 1.82 bits per heavy atom. The van der Waals surface area contributed by atoms with Crippen LogP contribution in [0.25, 0.3) is 11.0 Å². The summed E-state index contributed by atoms with van der Waals surface area (Å²) in [5, 5.41) is 0.743. The monoisotopic (exact) mass is 468 g/mol. The second kappa shape index (κ2) is 9.37. The number of amides is 1. The fourth-order valence-electron chi connectivity index (χ4n) is 4.28. The molecule has 0 radical (unpaired) electrons. The zero-order valence-corrected chi connectivity index (χ0v) is 19.5. The number of ether oxygens (including phenoxy) is 1. The Hall–Kier alpha value is -3.16. The van der Waals surface area contributed by atoms with Gasteiger partial charge in [-0.25, -0.2) is 4.79 Å². The highest BCUT2D eigenvalue weighted by Gasteiger charge is 2.42. The fourth-order valence-corrected chi connectivity index (χ4v) is 4.45. The minimum absolute atomic E-state index is 0.0522. The molecule has 8 heteroatoms. The van der Waals surface area contributed by atoms with E-state index in [9.17, 15) is 14.4 Å². The van der Waals surface area contributed by atoms with Gasteiger partial charge in [-0.05, 0) is 49.0 Å². The second-order valence-electron chi connectivity index (χ2n) is 7.86. The van der Waals surface area contributed by atoms with Crippen LogP contribution < -0.4 is 5.43 Å². The maximum Gasteiger partial charge on any atom is 0.337 e. The molecule has 2 heterocycles. The average molecular weight is 469 g/mol. The summed E-state index contributed by atoms with van der Waals surface area (Å²) in [4.78, 5) is 42.7. The molecule has 7 nitrogen and oxygen atoms in total. The Balaban J connectivity index is 1.85. The van der Waals surface area contributed by atoms with E-state index >= 15 is 0 Å². The van der Waals surface area contributed by atoms with Gasteiger partial charge in [0.25, 0.3) is 5.91 Å². The third kappa shape index (κ3) is 4.14. The van der Waals surface area contributed by atoms with Crippen LogP contribution >= 0.6 is 11.6 Å². The number of halogens is 1. The van der Waals surface area contributed by atoms with E-state index < -0.39 is 12.0 Å². The van der Waals surface area contributed by atoms with E-state index in [1.807, 2.05) is 0 Å². The van der Waals surface area contributed by atoms with Gasteiger partial charge in [0.05, 0.1) is 29.7 Å². The third-order valence-corrected chi connectivity index (χ3v) is 6.36. The lowest BCUT2D eigenvalue weighted by Crippen LogP contribution is -2.37. The van der Waals surface area contributed by atoms with Crippen LogP contribution in [-0.2, 0) is 4.74 Å². The molecule has 4 rings (SSSR count). The van der Waals surface area contributed by atoms with Crippen molar-refractivity contribution in [3.05, 3.63) is 80.2 Å². The van der Waals surface area contributed by atoms with Gasteiger partial charge in [0.1, 0.15) is 5.58 Å². The molecule has 1 atom stereocenters. The zero-order chi connectivity index (χ0) is 23.7. The molecule has 0 saturated heterocycles. The van der Waals surface area contributed by atoms with E-state index in [1.54, 1.807) is 47.4 Å². The lowest BCUT2D eigenvalue weighted by Gasteiger charge is -2.28. The van der Waals surface area contributed by atoms with Crippen molar-refractivity contribution in [2.45, 2.75) is 19.9 Å². The van der Waals surface area contributed by atoms with E-state index in [0.29, 0.717) is 45.8 Å². The molecule has 0 aliphatic carbocycles. The molecule has 3 aromatic rings. The van der Waals surface area contributed by atoms with Crippen molar-refractivity contribution in [3.63, 3.8) is 0 Å². The minimum atomic E-state index is -0.630. The molecule has 0 fully saturated rings. The first-order valence-corrected chi connectivity index (χ1v) is 11.2. The van der Waals surface area contributed by atoms with Crippen molar-refractivity contribution in [1.29, 1.82) is 0 Å². The van der Waals surface area contributed by atoms with Crippen LogP contribution in [0.3, 0.4) is 0 Å². The van der Waals surface area contributed by atoms with Crippen molar-refractivity contribution in [3.8, 4) is 0 Å². The zero-order valence-electron chi connectivity index (χ0n) is 18.8. The normalized spacial score (nSPS) is 15.4. The van der Waals surface area contributed by atoms with Crippen LogP contribution in [-0.4, -0.2) is 55.0 Å². The Kier molecular flexibility index (Phi) is 6.54. The smallest absolute Gasteiger partial charge is 0.337 e. The maximum atomic E-state index is 13.5. The summed E-state index contributed by atoms with van der Waals surface area (Å²) < 4.78 is 10.7. The highest BCUT2D eigenvalue weighted by atomic mass is 35.5. The first-order valence-electron chi connectivity index (χ1n) is 10.9. The third-order valence-electron chi connectivity index (χ3n) is 6.13. The molecule has 33 heavy (non-hydrogen) atoms. The SMILES string of the molecule is CCN(CC)CCN1C(=O)c2oc3ccc(Cl)cc3c(=O)c2C1c1ccc(C(=O)OC)cc1. The number of fused-ring (bicyclic) bond motifs is 2. The average Bonchev–Trinajstić information content (AvgIpc) is 3.11. The van der Waals surface area contributed by atoms with Gasteiger partial charge in [-0.15, -0.1) is 0 Å². The number of carbonyl (C=O) groups excluding carboxylic acids is 2. The summed E-state index contributed by atoms with van der Waals surface area (Å²) in [7, 11) is 1.32. The van der Waals surface area contributed by atoms with Gasteiger partial charge >= 0.3 is 5.97 Å². The predicted octanol–water partition coefficient (Wildman–Crippen LogP) is 4.12. The molecular formula is C25H25ClN2O5. The van der Waals surface area contributed by atoms with Crippen molar-refractivity contribution in [2.75, 3.05) is 33.3 Å². The summed E-state index contributed by atoms with van der Waals surface area (Å²) in [6.07, 6.45) is 0. The van der Waals surface area contributed by atoms with Gasteiger partial charge in [0, 0.05) is 18.1 Å². The number of carbonyl (C=O) groups is 2. The van der Waals surface area contributed by atoms with Crippen LogP contribution in [0.2, 0.25) is 5.02 Å². The predicted molar refractivity (Wildman–Crippen MR) is 126 cm³/mol. The van der Waals surface area contributed by atoms with Crippen molar-refractivity contribution in [1.82, 2.24) is 9.80 Å². The molecule has 1 aliphatic rings. The van der Waals surface area contributed by atoms with E-state index in [1.165, 1.54) is 7.11 Å². The molecule has 1 aliphatic heterocycles. The summed E-state index contributed by atoms with van der Waals surface area (Å²) in [5.74, 6) is -0.729. The van der Waals surface area contributed by atoms with Crippen molar-refractivity contribution >= 4 is 34.4 Å². The number of benzene rings is 2. The van der Waals surface area contributed by atoms with Gasteiger partial charge in [-0.3, -0.25) is 9.59 Å². The minimum Gasteiger partial charge on any atom is -0.465 e. The largest absolute Gasteiger partial charge is 0.465 e. The number of hydrogen-bond donors (Lipinski definition) is 0. The lowest BCUT2D eigenvalue weighted by molar-refractivity contribution is 0.0599. The van der Waals surface area contributed by atoms with Crippen molar-refractivity contribution < 1.29 is 18.7 Å². The van der Waals surface area contributed by atoms with Crippen LogP contribution in [0, 0.1) is 0 Å². The summed E-state index contributed by atoms with van der Waals surface area (Å²) in [6, 6.07) is 10.9. The highest BCUT2D eigenvalue weighted by molar-refractivity contribution is 6.31. The standard InChI is InChI=1S/C25H25ClN2O5/c1-4-27(5-2)12-13-28-21(15-6-8-16(9-7-15)25(31)32-3)20-22(29)18-14-17(26)10-11-19(18)33-23(20)24(28)30/h6-11,14,21H,4-5,12-13H2,1-3H3. The lowest BCUT2D eigenvalue weighted by atomic mass is 9.97. The van der Waals surface area contributed by atoms with Gasteiger partial charge in [0.15, 0.2) is 5.43 Å². The Morgan fingerprint density at radius 3 is 2.45 bits per heavy atom. The maximum absolute atomic E-state index is 13.5. The number of hydrogen-bond acceptors (Lipinski definition) is 6. The quantitative estimate of drug-likeness (QED) is 0.485. The Bertz CT molecular complexity index is 1260. The number of nitrogens with zero attached hydrogens (tertiary/aromatic N) is 2. The molecule has 2 aromatic carbocycles. The fraction of sp³-hybridized carbons (Fsp3) is 0.320. The number of esters is 1. The number of rotatable bonds is 7. The molecule has 1 amide bonds. The molecule has 1 aromatic heterocycles. The van der Waals surface area contributed by atoms with Crippen LogP contribution in [0.1, 0.15) is 51.9 Å². The van der Waals surface area contributed by atoms with Crippen LogP contribution in [0.5, 0.6) is 0 Å². The Morgan fingerprint density at radius 1 is 1.12 bits per heavy atom.